The number of thiazole rings is 1. The van der Waals surface area contributed by atoms with E-state index in [1.807, 2.05) is 0 Å². The zero-order valence-corrected chi connectivity index (χ0v) is 12.1. The summed E-state index contributed by atoms with van der Waals surface area (Å²) >= 11 is 6.63. The van der Waals surface area contributed by atoms with Crippen molar-refractivity contribution >= 4 is 33.0 Å². The summed E-state index contributed by atoms with van der Waals surface area (Å²) in [6.07, 6.45) is -0.253. The van der Waals surface area contributed by atoms with Crippen LogP contribution in [0.5, 0.6) is 0 Å². The van der Waals surface area contributed by atoms with E-state index in [0.717, 1.165) is 11.3 Å². The number of hydrogen-bond donors (Lipinski definition) is 1. The van der Waals surface area contributed by atoms with Crippen molar-refractivity contribution in [1.29, 1.82) is 0 Å². The van der Waals surface area contributed by atoms with Crippen LogP contribution in [0.3, 0.4) is 0 Å². The van der Waals surface area contributed by atoms with Crippen molar-refractivity contribution in [2.45, 2.75) is 17.2 Å². The van der Waals surface area contributed by atoms with Crippen LogP contribution in [0.25, 0.3) is 0 Å². The van der Waals surface area contributed by atoms with Gasteiger partial charge in [0.25, 0.3) is 10.0 Å². The molecular weight excluding hydrogens is 300 g/mol. The molecule has 102 valence electrons. The molecule has 2 heterocycles. The van der Waals surface area contributed by atoms with Gasteiger partial charge in [-0.05, 0) is 6.92 Å². The first-order valence-corrected chi connectivity index (χ1v) is 7.99. The van der Waals surface area contributed by atoms with Gasteiger partial charge in [-0.25, -0.2) is 18.1 Å². The minimum Gasteiger partial charge on any atom is -0.376 e. The quantitative estimate of drug-likeness (QED) is 0.890. The average molecular weight is 313 g/mol. The van der Waals surface area contributed by atoms with E-state index >= 15 is 0 Å². The van der Waals surface area contributed by atoms with Crippen molar-refractivity contribution in [3.8, 4) is 0 Å². The summed E-state index contributed by atoms with van der Waals surface area (Å²) in [6.45, 7) is 3.21. The van der Waals surface area contributed by atoms with Gasteiger partial charge in [-0.2, -0.15) is 0 Å². The molecular formula is C9H13ClN2O4S2. The van der Waals surface area contributed by atoms with Gasteiger partial charge in [0.05, 0.1) is 31.6 Å². The molecule has 1 aliphatic heterocycles. The van der Waals surface area contributed by atoms with Crippen molar-refractivity contribution in [3.05, 3.63) is 10.2 Å². The fourth-order valence-corrected chi connectivity index (χ4v) is 4.37. The highest BCUT2D eigenvalue weighted by molar-refractivity contribution is 7.91. The first-order chi connectivity index (χ1) is 8.49. The molecule has 1 aliphatic rings. The van der Waals surface area contributed by atoms with Crippen molar-refractivity contribution < 1.29 is 17.9 Å². The molecule has 1 saturated heterocycles. The van der Waals surface area contributed by atoms with Gasteiger partial charge in [-0.1, -0.05) is 22.9 Å². The molecule has 0 amide bonds. The molecule has 0 radical (unpaired) electrons. The van der Waals surface area contributed by atoms with E-state index in [-0.39, 0.29) is 21.3 Å². The maximum Gasteiger partial charge on any atom is 0.252 e. The second-order valence-electron chi connectivity index (χ2n) is 3.76. The van der Waals surface area contributed by atoms with E-state index in [1.165, 1.54) is 0 Å². The molecule has 18 heavy (non-hydrogen) atoms. The molecule has 0 aliphatic carbocycles. The van der Waals surface area contributed by atoms with Gasteiger partial charge < -0.3 is 9.47 Å². The maximum absolute atomic E-state index is 12.0. The summed E-state index contributed by atoms with van der Waals surface area (Å²) in [6, 6.07) is 0. The molecule has 2 rings (SSSR count). The molecule has 0 aromatic carbocycles. The topological polar surface area (TPSA) is 77.5 Å². The summed E-state index contributed by atoms with van der Waals surface area (Å²) < 4.78 is 37.4. The molecule has 1 aromatic rings. The zero-order valence-electron chi connectivity index (χ0n) is 9.68. The van der Waals surface area contributed by atoms with E-state index in [9.17, 15) is 8.42 Å². The summed E-state index contributed by atoms with van der Waals surface area (Å²) in [5, 5.41) is 0. The van der Waals surface area contributed by atoms with Crippen LogP contribution >= 0.6 is 22.9 Å². The molecule has 6 nitrogen and oxygen atoms in total. The first kappa shape index (κ1) is 14.2. The highest BCUT2D eigenvalue weighted by Gasteiger charge is 2.23. The minimum atomic E-state index is -3.58. The second-order valence-corrected chi connectivity index (χ2v) is 7.30. The van der Waals surface area contributed by atoms with Crippen LogP contribution in [0.2, 0.25) is 4.47 Å². The number of ether oxygens (including phenoxy) is 2. The summed E-state index contributed by atoms with van der Waals surface area (Å²) in [5.74, 6) is 0. The van der Waals surface area contributed by atoms with Crippen molar-refractivity contribution in [1.82, 2.24) is 9.71 Å². The monoisotopic (exact) mass is 312 g/mol. The van der Waals surface area contributed by atoms with Crippen LogP contribution in [-0.2, 0) is 19.5 Å². The molecule has 0 bridgehead atoms. The fraction of sp³-hybridized carbons (Fsp3) is 0.667. The number of nitrogens with one attached hydrogen (secondary N) is 1. The van der Waals surface area contributed by atoms with Crippen LogP contribution in [0.1, 0.15) is 5.69 Å². The number of aromatic nitrogens is 1. The third-order valence-electron chi connectivity index (χ3n) is 2.36. The lowest BCUT2D eigenvalue weighted by atomic mass is 10.3. The summed E-state index contributed by atoms with van der Waals surface area (Å²) in [5.41, 5.74) is 0.401. The Kier molecular flexibility index (Phi) is 4.57. The predicted molar refractivity (Wildman–Crippen MR) is 67.6 cm³/mol. The lowest BCUT2D eigenvalue weighted by molar-refractivity contribution is -0.0846. The molecule has 1 fully saturated rings. The van der Waals surface area contributed by atoms with Crippen LogP contribution in [0, 0.1) is 6.92 Å². The molecule has 1 N–H and O–H groups in total. The fourth-order valence-electron chi connectivity index (χ4n) is 1.52. The third kappa shape index (κ3) is 3.40. The van der Waals surface area contributed by atoms with Crippen LogP contribution < -0.4 is 4.72 Å². The normalized spacial score (nSPS) is 21.1. The van der Waals surface area contributed by atoms with Gasteiger partial charge in [-0.15, -0.1) is 0 Å². The van der Waals surface area contributed by atoms with E-state index < -0.39 is 10.0 Å². The molecule has 0 saturated carbocycles. The van der Waals surface area contributed by atoms with Gasteiger partial charge in [0.2, 0.25) is 0 Å². The maximum atomic E-state index is 12.0. The molecule has 1 aromatic heterocycles. The Labute approximate surface area is 114 Å². The molecule has 0 spiro atoms. The Morgan fingerprint density at radius 3 is 2.89 bits per heavy atom. The number of halogens is 1. The first-order valence-electron chi connectivity index (χ1n) is 5.31. The largest absolute Gasteiger partial charge is 0.376 e. The Hall–Kier alpha value is -0.250. The lowest BCUT2D eigenvalue weighted by Crippen LogP contribution is -2.39. The van der Waals surface area contributed by atoms with E-state index in [2.05, 4.69) is 9.71 Å². The SMILES string of the molecule is Cc1nc(Cl)sc1S(=O)(=O)NCC1COCCO1. The van der Waals surface area contributed by atoms with Crippen molar-refractivity contribution in [3.63, 3.8) is 0 Å². The number of hydrogen-bond acceptors (Lipinski definition) is 6. The van der Waals surface area contributed by atoms with Gasteiger partial charge in [0.15, 0.2) is 8.68 Å². The number of nitrogens with zero attached hydrogens (tertiary/aromatic N) is 1. The van der Waals surface area contributed by atoms with Gasteiger partial charge >= 0.3 is 0 Å². The lowest BCUT2D eigenvalue weighted by Gasteiger charge is -2.22. The minimum absolute atomic E-state index is 0.143. The smallest absolute Gasteiger partial charge is 0.252 e. The number of aryl methyl sites for hydroxylation is 1. The third-order valence-corrected chi connectivity index (χ3v) is 5.65. The Balaban J connectivity index is 2.01. The molecule has 1 unspecified atom stereocenters. The van der Waals surface area contributed by atoms with Gasteiger partial charge in [-0.3, -0.25) is 0 Å². The van der Waals surface area contributed by atoms with E-state index in [4.69, 9.17) is 21.1 Å². The Bertz CT molecular complexity index is 511. The molecule has 9 heteroatoms. The van der Waals surface area contributed by atoms with Crippen LogP contribution in [0.4, 0.5) is 0 Å². The van der Waals surface area contributed by atoms with Crippen molar-refractivity contribution in [2.24, 2.45) is 0 Å². The summed E-state index contributed by atoms with van der Waals surface area (Å²) in [7, 11) is -3.58. The van der Waals surface area contributed by atoms with Crippen LogP contribution in [0.15, 0.2) is 4.21 Å². The van der Waals surface area contributed by atoms with Crippen LogP contribution in [-0.4, -0.2) is 45.9 Å². The summed E-state index contributed by atoms with van der Waals surface area (Å²) in [4.78, 5) is 3.88. The Morgan fingerprint density at radius 1 is 1.56 bits per heavy atom. The van der Waals surface area contributed by atoms with Gasteiger partial charge in [0.1, 0.15) is 0 Å². The standard InChI is InChI=1S/C9H13ClN2O4S2/c1-6-8(17-9(10)12-6)18(13,14)11-4-7-5-15-2-3-16-7/h7,11H,2-5H2,1H3. The van der Waals surface area contributed by atoms with Crippen molar-refractivity contribution in [2.75, 3.05) is 26.4 Å². The zero-order chi connectivity index (χ0) is 13.2. The number of sulfonamides is 1. The second kappa shape index (κ2) is 5.81. The average Bonchev–Trinajstić information content (AvgIpc) is 2.68. The number of rotatable bonds is 4. The van der Waals surface area contributed by atoms with Gasteiger partial charge in [0, 0.05) is 6.54 Å². The predicted octanol–water partition coefficient (Wildman–Crippen LogP) is 0.799. The Morgan fingerprint density at radius 2 is 2.33 bits per heavy atom. The highest BCUT2D eigenvalue weighted by atomic mass is 35.5. The molecule has 1 atom stereocenters. The highest BCUT2D eigenvalue weighted by Crippen LogP contribution is 2.26. The van der Waals surface area contributed by atoms with E-state index in [0.29, 0.717) is 25.5 Å². The van der Waals surface area contributed by atoms with E-state index in [1.54, 1.807) is 6.92 Å².